The van der Waals surface area contributed by atoms with E-state index in [0.717, 1.165) is 5.56 Å². The van der Waals surface area contributed by atoms with Gasteiger partial charge in [0.05, 0.1) is 24.2 Å². The molecule has 6 heteroatoms. The molecule has 1 aromatic carbocycles. The molecule has 0 aliphatic rings. The van der Waals surface area contributed by atoms with Crippen LogP contribution in [0.15, 0.2) is 18.2 Å². The molecule has 0 bridgehead atoms. The molecule has 5 nitrogen and oxygen atoms in total. The van der Waals surface area contributed by atoms with Crippen LogP contribution in [0.4, 0.5) is 10.5 Å². The molecule has 0 saturated carbocycles. The fraction of sp³-hybridized carbons (Fsp3) is 0.385. The van der Waals surface area contributed by atoms with Gasteiger partial charge in [-0.1, -0.05) is 17.7 Å². The summed E-state index contributed by atoms with van der Waals surface area (Å²) in [6.45, 7) is 3.63. The Bertz CT molecular complexity index is 477. The first-order valence-corrected chi connectivity index (χ1v) is 6.20. The molecule has 0 aliphatic heterocycles. The van der Waals surface area contributed by atoms with Crippen molar-refractivity contribution in [1.29, 1.82) is 0 Å². The van der Waals surface area contributed by atoms with E-state index < -0.39 is 6.03 Å². The van der Waals surface area contributed by atoms with Crippen LogP contribution < -0.4 is 10.6 Å². The molecule has 104 valence electrons. The standard InChI is InChI=1S/C13H17ClN2O3/c1-8-4-5-11(10(14)6-8)16-13(18)15-9(2)7-12(17)19-3/h4-6,9H,7H2,1-3H3,(H2,15,16,18)/t9-/m1/s1. The third kappa shape index (κ3) is 5.18. The summed E-state index contributed by atoms with van der Waals surface area (Å²) in [6, 6.07) is 4.59. The average Bonchev–Trinajstić information content (AvgIpc) is 2.32. The molecule has 0 radical (unpaired) electrons. The lowest BCUT2D eigenvalue weighted by atomic mass is 10.2. The van der Waals surface area contributed by atoms with E-state index in [1.54, 1.807) is 19.1 Å². The molecule has 0 fully saturated rings. The fourth-order valence-corrected chi connectivity index (χ4v) is 1.77. The Balaban J connectivity index is 2.53. The summed E-state index contributed by atoms with van der Waals surface area (Å²) in [5, 5.41) is 5.72. The summed E-state index contributed by atoms with van der Waals surface area (Å²) in [6.07, 6.45) is 0.117. The van der Waals surface area contributed by atoms with Gasteiger partial charge in [-0.25, -0.2) is 4.79 Å². The molecule has 0 unspecified atom stereocenters. The van der Waals surface area contributed by atoms with Gasteiger partial charge in [-0.2, -0.15) is 0 Å². The summed E-state index contributed by atoms with van der Waals surface area (Å²) < 4.78 is 4.52. The molecule has 1 aromatic rings. The van der Waals surface area contributed by atoms with Gasteiger partial charge in [0.1, 0.15) is 0 Å². The number of anilines is 1. The molecule has 2 N–H and O–H groups in total. The van der Waals surface area contributed by atoms with Gasteiger partial charge in [0, 0.05) is 6.04 Å². The number of methoxy groups -OCH3 is 1. The molecular weight excluding hydrogens is 268 g/mol. The molecular formula is C13H17ClN2O3. The van der Waals surface area contributed by atoms with Crippen molar-refractivity contribution in [2.75, 3.05) is 12.4 Å². The molecule has 0 aromatic heterocycles. The van der Waals surface area contributed by atoms with Crippen molar-refractivity contribution in [3.05, 3.63) is 28.8 Å². The zero-order valence-electron chi connectivity index (χ0n) is 11.1. The first-order chi connectivity index (χ1) is 8.92. The minimum absolute atomic E-state index is 0.117. The van der Waals surface area contributed by atoms with E-state index in [1.165, 1.54) is 7.11 Å². The highest BCUT2D eigenvalue weighted by atomic mass is 35.5. The van der Waals surface area contributed by atoms with Crippen molar-refractivity contribution in [3.8, 4) is 0 Å². The highest BCUT2D eigenvalue weighted by Gasteiger charge is 2.12. The number of nitrogens with one attached hydrogen (secondary N) is 2. The number of hydrogen-bond acceptors (Lipinski definition) is 3. The molecule has 0 heterocycles. The van der Waals surface area contributed by atoms with Gasteiger partial charge in [-0.15, -0.1) is 0 Å². The zero-order valence-corrected chi connectivity index (χ0v) is 11.9. The van der Waals surface area contributed by atoms with Crippen molar-refractivity contribution in [2.24, 2.45) is 0 Å². The molecule has 1 atom stereocenters. The molecule has 1 rings (SSSR count). The van der Waals surface area contributed by atoms with Crippen molar-refractivity contribution >= 4 is 29.3 Å². The van der Waals surface area contributed by atoms with Crippen molar-refractivity contribution in [2.45, 2.75) is 26.3 Å². The summed E-state index contributed by atoms with van der Waals surface area (Å²) in [5.41, 5.74) is 1.53. The van der Waals surface area contributed by atoms with E-state index in [0.29, 0.717) is 10.7 Å². The number of carbonyl (C=O) groups excluding carboxylic acids is 2. The second kappa shape index (κ2) is 6.99. The van der Waals surface area contributed by atoms with Gasteiger partial charge < -0.3 is 15.4 Å². The minimum atomic E-state index is -0.415. The van der Waals surface area contributed by atoms with Crippen molar-refractivity contribution in [3.63, 3.8) is 0 Å². The number of ether oxygens (including phenoxy) is 1. The zero-order chi connectivity index (χ0) is 14.4. The van der Waals surface area contributed by atoms with E-state index in [-0.39, 0.29) is 18.4 Å². The van der Waals surface area contributed by atoms with Crippen LogP contribution in [-0.2, 0) is 9.53 Å². The van der Waals surface area contributed by atoms with Gasteiger partial charge in [0.15, 0.2) is 0 Å². The van der Waals surface area contributed by atoms with Crippen LogP contribution >= 0.6 is 11.6 Å². The monoisotopic (exact) mass is 284 g/mol. The SMILES string of the molecule is COC(=O)C[C@@H](C)NC(=O)Nc1ccc(C)cc1Cl. The van der Waals surface area contributed by atoms with Gasteiger partial charge >= 0.3 is 12.0 Å². The van der Waals surface area contributed by atoms with Crippen LogP contribution in [-0.4, -0.2) is 25.2 Å². The second-order valence-corrected chi connectivity index (χ2v) is 4.67. The number of carbonyl (C=O) groups is 2. The molecule has 0 spiro atoms. The number of aryl methyl sites for hydroxylation is 1. The predicted molar refractivity (Wildman–Crippen MR) is 74.4 cm³/mol. The molecule has 0 aliphatic carbocycles. The van der Waals surface area contributed by atoms with Gasteiger partial charge in [-0.05, 0) is 31.5 Å². The number of rotatable bonds is 4. The number of urea groups is 1. The van der Waals surface area contributed by atoms with Gasteiger partial charge in [0.25, 0.3) is 0 Å². The maximum atomic E-state index is 11.7. The number of benzene rings is 1. The largest absolute Gasteiger partial charge is 0.469 e. The Labute approximate surface area is 117 Å². The molecule has 19 heavy (non-hydrogen) atoms. The van der Waals surface area contributed by atoms with Gasteiger partial charge in [0.2, 0.25) is 0 Å². The van der Waals surface area contributed by atoms with Crippen molar-refractivity contribution < 1.29 is 14.3 Å². The van der Waals surface area contributed by atoms with Crippen molar-refractivity contribution in [1.82, 2.24) is 5.32 Å². The van der Waals surface area contributed by atoms with Crippen LogP contribution in [0, 0.1) is 6.92 Å². The maximum absolute atomic E-state index is 11.7. The van der Waals surface area contributed by atoms with E-state index >= 15 is 0 Å². The molecule has 0 saturated heterocycles. The summed E-state index contributed by atoms with van der Waals surface area (Å²) >= 11 is 6.00. The Morgan fingerprint density at radius 2 is 2.11 bits per heavy atom. The molecule has 2 amide bonds. The van der Waals surface area contributed by atoms with E-state index in [1.807, 2.05) is 13.0 Å². The number of amides is 2. The van der Waals surface area contributed by atoms with E-state index in [9.17, 15) is 9.59 Å². The Morgan fingerprint density at radius 3 is 2.68 bits per heavy atom. The lowest BCUT2D eigenvalue weighted by Crippen LogP contribution is -2.37. The smallest absolute Gasteiger partial charge is 0.319 e. The normalized spacial score (nSPS) is 11.6. The number of halogens is 1. The first kappa shape index (κ1) is 15.3. The summed E-state index contributed by atoms with van der Waals surface area (Å²) in [5.74, 6) is -0.374. The average molecular weight is 285 g/mol. The second-order valence-electron chi connectivity index (χ2n) is 4.26. The van der Waals surface area contributed by atoms with Gasteiger partial charge in [-0.3, -0.25) is 4.79 Å². The summed E-state index contributed by atoms with van der Waals surface area (Å²) in [7, 11) is 1.31. The lowest BCUT2D eigenvalue weighted by molar-refractivity contribution is -0.141. The fourth-order valence-electron chi connectivity index (χ4n) is 1.49. The Hall–Kier alpha value is -1.75. The third-order valence-electron chi connectivity index (χ3n) is 2.45. The van der Waals surface area contributed by atoms with Crippen LogP contribution in [0.5, 0.6) is 0 Å². The Morgan fingerprint density at radius 1 is 1.42 bits per heavy atom. The predicted octanol–water partition coefficient (Wildman–Crippen LogP) is 2.72. The van der Waals surface area contributed by atoms with Crippen LogP contribution in [0.3, 0.4) is 0 Å². The quantitative estimate of drug-likeness (QED) is 0.836. The highest BCUT2D eigenvalue weighted by molar-refractivity contribution is 6.33. The van der Waals surface area contributed by atoms with Crippen LogP contribution in [0.1, 0.15) is 18.9 Å². The minimum Gasteiger partial charge on any atom is -0.469 e. The number of hydrogen-bond donors (Lipinski definition) is 2. The topological polar surface area (TPSA) is 67.4 Å². The maximum Gasteiger partial charge on any atom is 0.319 e. The lowest BCUT2D eigenvalue weighted by Gasteiger charge is -2.14. The highest BCUT2D eigenvalue weighted by Crippen LogP contribution is 2.22. The Kier molecular flexibility index (Phi) is 5.63. The van der Waals surface area contributed by atoms with E-state index in [4.69, 9.17) is 11.6 Å². The first-order valence-electron chi connectivity index (χ1n) is 5.83. The van der Waals surface area contributed by atoms with E-state index in [2.05, 4.69) is 15.4 Å². The van der Waals surface area contributed by atoms with Crippen LogP contribution in [0.25, 0.3) is 0 Å². The third-order valence-corrected chi connectivity index (χ3v) is 2.76. The van der Waals surface area contributed by atoms with Crippen LogP contribution in [0.2, 0.25) is 5.02 Å². The number of esters is 1. The summed E-state index contributed by atoms with van der Waals surface area (Å²) in [4.78, 5) is 22.7.